The Balaban J connectivity index is 1.77. The van der Waals surface area contributed by atoms with Crippen LogP contribution in [0.1, 0.15) is 19.8 Å². The molecule has 1 aromatic rings. The van der Waals surface area contributed by atoms with Crippen LogP contribution in [0.2, 0.25) is 0 Å². The molecule has 8 heteroatoms. The molecule has 1 aliphatic rings. The number of aliphatic carboxylic acids is 1. The largest absolute Gasteiger partial charge is 0.481 e. The molecule has 1 aromatic carbocycles. The molecular weight excluding hydrogens is 332 g/mol. The van der Waals surface area contributed by atoms with Gasteiger partial charge in [-0.25, -0.2) is 13.2 Å². The van der Waals surface area contributed by atoms with Gasteiger partial charge in [0.25, 0.3) is 0 Å². The van der Waals surface area contributed by atoms with Crippen LogP contribution in [0.5, 0.6) is 0 Å². The Morgan fingerprint density at radius 2 is 1.96 bits per heavy atom. The summed E-state index contributed by atoms with van der Waals surface area (Å²) in [5.41, 5.74) is -0.909. The minimum Gasteiger partial charge on any atom is -0.481 e. The summed E-state index contributed by atoms with van der Waals surface area (Å²) >= 11 is 0. The molecule has 132 valence electrons. The summed E-state index contributed by atoms with van der Waals surface area (Å²) in [6.07, 6.45) is 0.713. The van der Waals surface area contributed by atoms with Crippen LogP contribution in [0.25, 0.3) is 0 Å². The molecule has 1 heterocycles. The Kier molecular flexibility index (Phi) is 5.48. The van der Waals surface area contributed by atoms with Crippen LogP contribution in [0.4, 0.5) is 4.79 Å². The number of rotatable bonds is 6. The highest BCUT2D eigenvalue weighted by Crippen LogP contribution is 2.29. The number of amides is 2. The standard InChI is InChI=1S/C16H22N2O5S/c1-16(14(19)20)8-10-18(12-16)15(21)17-9-5-11-24(22,23)13-6-3-2-4-7-13/h2-4,6-7H,5,8-12H2,1H3,(H,17,21)(H,19,20). The molecule has 0 bridgehead atoms. The fourth-order valence-electron chi connectivity index (χ4n) is 2.62. The van der Waals surface area contributed by atoms with Crippen LogP contribution in [0.3, 0.4) is 0 Å². The molecule has 1 aliphatic heterocycles. The Bertz CT molecular complexity index is 704. The molecule has 1 saturated heterocycles. The van der Waals surface area contributed by atoms with Gasteiger partial charge in [-0.3, -0.25) is 4.79 Å². The summed E-state index contributed by atoms with van der Waals surface area (Å²) in [6.45, 7) is 2.40. The molecule has 0 spiro atoms. The molecule has 24 heavy (non-hydrogen) atoms. The topological polar surface area (TPSA) is 104 Å². The van der Waals surface area contributed by atoms with Gasteiger partial charge in [0.2, 0.25) is 0 Å². The van der Waals surface area contributed by atoms with Crippen molar-refractivity contribution in [2.75, 3.05) is 25.4 Å². The summed E-state index contributed by atoms with van der Waals surface area (Å²) in [5.74, 6) is -0.962. The highest BCUT2D eigenvalue weighted by molar-refractivity contribution is 7.91. The van der Waals surface area contributed by atoms with Gasteiger partial charge in [0.1, 0.15) is 0 Å². The van der Waals surface area contributed by atoms with Gasteiger partial charge in [0.05, 0.1) is 16.1 Å². The van der Waals surface area contributed by atoms with Crippen molar-refractivity contribution < 1.29 is 23.1 Å². The van der Waals surface area contributed by atoms with Gasteiger partial charge in [-0.05, 0) is 31.9 Å². The third-order valence-electron chi connectivity index (χ3n) is 4.25. The van der Waals surface area contributed by atoms with E-state index in [2.05, 4.69) is 5.32 Å². The lowest BCUT2D eigenvalue weighted by atomic mass is 9.90. The summed E-state index contributed by atoms with van der Waals surface area (Å²) in [6, 6.07) is 7.83. The second-order valence-corrected chi connectivity index (χ2v) is 8.36. The van der Waals surface area contributed by atoms with Crippen LogP contribution in [0.15, 0.2) is 35.2 Å². The van der Waals surface area contributed by atoms with E-state index < -0.39 is 21.2 Å². The van der Waals surface area contributed by atoms with E-state index in [4.69, 9.17) is 5.11 Å². The van der Waals surface area contributed by atoms with Crippen molar-refractivity contribution in [3.8, 4) is 0 Å². The number of benzene rings is 1. The number of carboxylic acid groups (broad SMARTS) is 1. The highest BCUT2D eigenvalue weighted by atomic mass is 32.2. The maximum absolute atomic E-state index is 12.1. The van der Waals surface area contributed by atoms with Gasteiger partial charge in [-0.1, -0.05) is 18.2 Å². The fraction of sp³-hybridized carbons (Fsp3) is 0.500. The van der Waals surface area contributed by atoms with Crippen molar-refractivity contribution in [1.82, 2.24) is 10.2 Å². The van der Waals surface area contributed by atoms with Crippen LogP contribution >= 0.6 is 0 Å². The molecule has 0 aliphatic carbocycles. The molecule has 2 rings (SSSR count). The van der Waals surface area contributed by atoms with Crippen LogP contribution in [-0.4, -0.2) is 55.8 Å². The predicted octanol–water partition coefficient (Wildman–Crippen LogP) is 1.36. The van der Waals surface area contributed by atoms with Gasteiger partial charge in [0.15, 0.2) is 9.84 Å². The van der Waals surface area contributed by atoms with Gasteiger partial charge in [-0.2, -0.15) is 0 Å². The lowest BCUT2D eigenvalue weighted by molar-refractivity contribution is -0.147. The number of nitrogens with zero attached hydrogens (tertiary/aromatic N) is 1. The van der Waals surface area contributed by atoms with Crippen molar-refractivity contribution in [3.63, 3.8) is 0 Å². The number of urea groups is 1. The highest BCUT2D eigenvalue weighted by Gasteiger charge is 2.42. The number of nitrogens with one attached hydrogen (secondary N) is 1. The first-order chi connectivity index (χ1) is 11.2. The Morgan fingerprint density at radius 3 is 2.54 bits per heavy atom. The molecule has 0 aromatic heterocycles. The zero-order valence-corrected chi connectivity index (χ0v) is 14.4. The van der Waals surface area contributed by atoms with Gasteiger partial charge >= 0.3 is 12.0 Å². The van der Waals surface area contributed by atoms with E-state index in [1.165, 1.54) is 4.90 Å². The van der Waals surface area contributed by atoms with Crippen LogP contribution < -0.4 is 5.32 Å². The first-order valence-electron chi connectivity index (χ1n) is 7.79. The normalized spacial score (nSPS) is 20.8. The Morgan fingerprint density at radius 1 is 1.29 bits per heavy atom. The van der Waals surface area contributed by atoms with Crippen molar-refractivity contribution in [2.24, 2.45) is 5.41 Å². The number of carboxylic acids is 1. The number of hydrogen-bond donors (Lipinski definition) is 2. The van der Waals surface area contributed by atoms with E-state index in [0.29, 0.717) is 19.4 Å². The van der Waals surface area contributed by atoms with Crippen LogP contribution in [0, 0.1) is 5.41 Å². The second kappa shape index (κ2) is 7.21. The lowest BCUT2D eigenvalue weighted by Crippen LogP contribution is -2.41. The first kappa shape index (κ1) is 18.3. The second-order valence-electron chi connectivity index (χ2n) is 6.25. The van der Waals surface area contributed by atoms with E-state index >= 15 is 0 Å². The number of carbonyl (C=O) groups is 2. The smallest absolute Gasteiger partial charge is 0.317 e. The van der Waals surface area contributed by atoms with Crippen molar-refractivity contribution in [1.29, 1.82) is 0 Å². The summed E-state index contributed by atoms with van der Waals surface area (Å²) in [7, 11) is -3.35. The zero-order chi connectivity index (χ0) is 17.8. The molecule has 7 nitrogen and oxygen atoms in total. The van der Waals surface area contributed by atoms with Crippen molar-refractivity contribution in [2.45, 2.75) is 24.7 Å². The van der Waals surface area contributed by atoms with Crippen molar-refractivity contribution >= 4 is 21.8 Å². The molecule has 2 amide bonds. The zero-order valence-electron chi connectivity index (χ0n) is 13.6. The lowest BCUT2D eigenvalue weighted by Gasteiger charge is -2.20. The van der Waals surface area contributed by atoms with E-state index in [-0.39, 0.29) is 29.8 Å². The van der Waals surface area contributed by atoms with Crippen LogP contribution in [-0.2, 0) is 14.6 Å². The fourth-order valence-corrected chi connectivity index (χ4v) is 3.96. The molecule has 1 unspecified atom stereocenters. The predicted molar refractivity (Wildman–Crippen MR) is 88.4 cm³/mol. The molecule has 2 N–H and O–H groups in total. The maximum Gasteiger partial charge on any atom is 0.317 e. The summed E-state index contributed by atoms with van der Waals surface area (Å²) < 4.78 is 24.2. The van der Waals surface area contributed by atoms with Gasteiger partial charge in [0, 0.05) is 19.6 Å². The van der Waals surface area contributed by atoms with Gasteiger partial charge in [-0.15, -0.1) is 0 Å². The van der Waals surface area contributed by atoms with E-state index in [0.717, 1.165) is 0 Å². The number of sulfone groups is 1. The summed E-state index contributed by atoms with van der Waals surface area (Å²) in [4.78, 5) is 24.9. The average Bonchev–Trinajstić information content (AvgIpc) is 2.96. The van der Waals surface area contributed by atoms with E-state index in [1.54, 1.807) is 37.3 Å². The third-order valence-corrected chi connectivity index (χ3v) is 6.06. The third kappa shape index (κ3) is 4.25. The minimum atomic E-state index is -3.35. The van der Waals surface area contributed by atoms with E-state index in [9.17, 15) is 18.0 Å². The number of hydrogen-bond acceptors (Lipinski definition) is 4. The molecule has 1 fully saturated rings. The van der Waals surface area contributed by atoms with Gasteiger partial charge < -0.3 is 15.3 Å². The quantitative estimate of drug-likeness (QED) is 0.751. The van der Waals surface area contributed by atoms with E-state index in [1.807, 2.05) is 0 Å². The monoisotopic (exact) mass is 354 g/mol. The minimum absolute atomic E-state index is 0.0515. The molecule has 0 radical (unpaired) electrons. The first-order valence-corrected chi connectivity index (χ1v) is 9.44. The SMILES string of the molecule is CC1(C(=O)O)CCN(C(=O)NCCCS(=O)(=O)c2ccccc2)C1. The molecule has 0 saturated carbocycles. The number of carbonyl (C=O) groups excluding carboxylic acids is 1. The molecular formula is C16H22N2O5S. The molecule has 1 atom stereocenters. The Hall–Kier alpha value is -2.09. The summed E-state index contributed by atoms with van der Waals surface area (Å²) in [5, 5.41) is 11.8. The Labute approximate surface area is 141 Å². The van der Waals surface area contributed by atoms with Crippen molar-refractivity contribution in [3.05, 3.63) is 30.3 Å². The maximum atomic E-state index is 12.1. The average molecular weight is 354 g/mol. The number of likely N-dealkylation sites (tertiary alicyclic amines) is 1.